The predicted molar refractivity (Wildman–Crippen MR) is 94.1 cm³/mol. The van der Waals surface area contributed by atoms with E-state index in [2.05, 4.69) is 15.0 Å². The van der Waals surface area contributed by atoms with E-state index in [-0.39, 0.29) is 11.1 Å². The van der Waals surface area contributed by atoms with Crippen molar-refractivity contribution in [3.8, 4) is 0 Å². The molecule has 1 aromatic heterocycles. The summed E-state index contributed by atoms with van der Waals surface area (Å²) in [5.41, 5.74) is 1.51. The molecule has 0 aliphatic rings. The van der Waals surface area contributed by atoms with Crippen LogP contribution in [0, 0.1) is 0 Å². The van der Waals surface area contributed by atoms with Gasteiger partial charge in [-0.25, -0.2) is 4.79 Å². The zero-order valence-corrected chi connectivity index (χ0v) is 13.9. The Labute approximate surface area is 147 Å². The maximum Gasteiger partial charge on any atom is 0.337 e. The number of rotatable bonds is 4. The Morgan fingerprint density at radius 2 is 1.92 bits per heavy atom. The minimum Gasteiger partial charge on any atom is -0.465 e. The number of esters is 1. The average Bonchev–Trinajstić information content (AvgIpc) is 3.03. The highest BCUT2D eigenvalue weighted by molar-refractivity contribution is 6.48. The molecule has 0 atom stereocenters. The van der Waals surface area contributed by atoms with Crippen LogP contribution in [-0.2, 0) is 9.53 Å². The summed E-state index contributed by atoms with van der Waals surface area (Å²) in [6, 6.07) is 11.2. The van der Waals surface area contributed by atoms with Crippen molar-refractivity contribution < 1.29 is 19.1 Å². The summed E-state index contributed by atoms with van der Waals surface area (Å²) in [6.45, 7) is 0. The lowest BCUT2D eigenvalue weighted by Crippen LogP contribution is -2.22. The SMILES string of the molecule is COC(=O)c1cccc(NC(=O)C(=O)c2c[nH]c3ccc(Cl)cc23)c1. The van der Waals surface area contributed by atoms with Gasteiger partial charge in [0.2, 0.25) is 0 Å². The molecule has 6 nitrogen and oxygen atoms in total. The van der Waals surface area contributed by atoms with E-state index in [0.717, 1.165) is 0 Å². The summed E-state index contributed by atoms with van der Waals surface area (Å²) in [5, 5.41) is 3.52. The van der Waals surface area contributed by atoms with Gasteiger partial charge in [-0.1, -0.05) is 17.7 Å². The second-order valence-electron chi connectivity index (χ2n) is 5.25. The number of ether oxygens (including phenoxy) is 1. The van der Waals surface area contributed by atoms with E-state index in [4.69, 9.17) is 11.6 Å². The Morgan fingerprint density at radius 3 is 2.68 bits per heavy atom. The third-order valence-corrected chi connectivity index (χ3v) is 3.87. The highest BCUT2D eigenvalue weighted by atomic mass is 35.5. The Bertz CT molecular complexity index is 994. The number of Topliss-reactive ketones (excluding diaryl/α,β-unsaturated/α-hetero) is 1. The summed E-state index contributed by atoms with van der Waals surface area (Å²) < 4.78 is 4.63. The average molecular weight is 357 g/mol. The Hall–Kier alpha value is -3.12. The summed E-state index contributed by atoms with van der Waals surface area (Å²) in [7, 11) is 1.26. The standard InChI is InChI=1S/C18H13ClN2O4/c1-25-18(24)10-3-2-4-12(7-10)21-17(23)16(22)14-9-20-15-6-5-11(19)8-13(14)15/h2-9,20H,1H3,(H,21,23). The lowest BCUT2D eigenvalue weighted by molar-refractivity contribution is -0.112. The van der Waals surface area contributed by atoms with E-state index in [1.807, 2.05) is 0 Å². The van der Waals surface area contributed by atoms with Crippen molar-refractivity contribution in [2.45, 2.75) is 0 Å². The number of anilines is 1. The van der Waals surface area contributed by atoms with E-state index in [1.165, 1.54) is 19.4 Å². The quantitative estimate of drug-likeness (QED) is 0.426. The fraction of sp³-hybridized carbons (Fsp3) is 0.0556. The molecule has 1 heterocycles. The normalized spacial score (nSPS) is 10.5. The molecule has 0 unspecified atom stereocenters. The smallest absolute Gasteiger partial charge is 0.337 e. The van der Waals surface area contributed by atoms with Gasteiger partial charge >= 0.3 is 5.97 Å². The number of aromatic amines is 1. The van der Waals surface area contributed by atoms with Gasteiger partial charge in [0, 0.05) is 27.8 Å². The first-order valence-electron chi connectivity index (χ1n) is 7.30. The number of H-pyrrole nitrogens is 1. The summed E-state index contributed by atoms with van der Waals surface area (Å²) in [6.07, 6.45) is 1.47. The fourth-order valence-electron chi connectivity index (χ4n) is 2.43. The fourth-order valence-corrected chi connectivity index (χ4v) is 2.60. The lowest BCUT2D eigenvalue weighted by atomic mass is 10.1. The molecule has 0 spiro atoms. The molecule has 3 aromatic rings. The number of ketones is 1. The number of hydrogen-bond donors (Lipinski definition) is 2. The maximum atomic E-state index is 12.4. The molecule has 2 aromatic carbocycles. The van der Waals surface area contributed by atoms with Crippen LogP contribution in [0.2, 0.25) is 5.02 Å². The number of carbonyl (C=O) groups excluding carboxylic acids is 3. The number of fused-ring (bicyclic) bond motifs is 1. The molecule has 2 N–H and O–H groups in total. The van der Waals surface area contributed by atoms with Gasteiger partial charge in [-0.2, -0.15) is 0 Å². The molecule has 0 aliphatic carbocycles. The third kappa shape index (κ3) is 3.39. The Kier molecular flexibility index (Phi) is 4.54. The minimum atomic E-state index is -0.817. The number of methoxy groups -OCH3 is 1. The zero-order valence-electron chi connectivity index (χ0n) is 13.1. The number of nitrogens with one attached hydrogen (secondary N) is 2. The highest BCUT2D eigenvalue weighted by Crippen LogP contribution is 2.23. The third-order valence-electron chi connectivity index (χ3n) is 3.64. The van der Waals surface area contributed by atoms with Gasteiger partial charge in [-0.15, -0.1) is 0 Å². The molecule has 0 bridgehead atoms. The van der Waals surface area contributed by atoms with E-state index in [9.17, 15) is 14.4 Å². The van der Waals surface area contributed by atoms with Gasteiger partial charge in [-0.05, 0) is 36.4 Å². The van der Waals surface area contributed by atoms with Crippen molar-refractivity contribution in [2.75, 3.05) is 12.4 Å². The topological polar surface area (TPSA) is 88.3 Å². The van der Waals surface area contributed by atoms with Gasteiger partial charge in [0.25, 0.3) is 11.7 Å². The second-order valence-corrected chi connectivity index (χ2v) is 5.68. The van der Waals surface area contributed by atoms with E-state index >= 15 is 0 Å². The van der Waals surface area contributed by atoms with Crippen LogP contribution < -0.4 is 5.32 Å². The van der Waals surface area contributed by atoms with Crippen LogP contribution in [-0.4, -0.2) is 29.8 Å². The Balaban J connectivity index is 1.84. The van der Waals surface area contributed by atoms with Crippen LogP contribution in [0.5, 0.6) is 0 Å². The number of halogens is 1. The molecule has 7 heteroatoms. The molecule has 0 aliphatic heterocycles. The second kappa shape index (κ2) is 6.78. The van der Waals surface area contributed by atoms with Crippen LogP contribution >= 0.6 is 11.6 Å². The molecule has 0 fully saturated rings. The lowest BCUT2D eigenvalue weighted by Gasteiger charge is -2.06. The van der Waals surface area contributed by atoms with Crippen LogP contribution in [0.1, 0.15) is 20.7 Å². The first-order valence-corrected chi connectivity index (χ1v) is 7.68. The van der Waals surface area contributed by atoms with E-state index in [0.29, 0.717) is 21.6 Å². The van der Waals surface area contributed by atoms with Crippen LogP contribution in [0.3, 0.4) is 0 Å². The first kappa shape index (κ1) is 16.7. The Morgan fingerprint density at radius 1 is 1.12 bits per heavy atom. The number of carbonyl (C=O) groups is 3. The van der Waals surface area contributed by atoms with E-state index in [1.54, 1.807) is 36.4 Å². The molecule has 0 radical (unpaired) electrons. The van der Waals surface area contributed by atoms with Crippen molar-refractivity contribution >= 4 is 45.9 Å². The summed E-state index contributed by atoms with van der Waals surface area (Å²) >= 11 is 5.95. The minimum absolute atomic E-state index is 0.221. The largest absolute Gasteiger partial charge is 0.465 e. The molecule has 3 rings (SSSR count). The number of aromatic nitrogens is 1. The first-order chi connectivity index (χ1) is 12.0. The van der Waals surface area contributed by atoms with Crippen LogP contribution in [0.15, 0.2) is 48.7 Å². The van der Waals surface area contributed by atoms with Crippen LogP contribution in [0.25, 0.3) is 10.9 Å². The van der Waals surface area contributed by atoms with Gasteiger partial charge in [0.15, 0.2) is 0 Å². The summed E-state index contributed by atoms with van der Waals surface area (Å²) in [5.74, 6) is -2.06. The monoisotopic (exact) mass is 356 g/mol. The molecule has 0 saturated heterocycles. The van der Waals surface area contributed by atoms with Crippen molar-refractivity contribution in [3.63, 3.8) is 0 Å². The number of amides is 1. The molecule has 0 saturated carbocycles. The predicted octanol–water partition coefficient (Wildman–Crippen LogP) is 3.43. The molecule has 126 valence electrons. The molecule has 1 amide bonds. The van der Waals surface area contributed by atoms with E-state index < -0.39 is 17.7 Å². The highest BCUT2D eigenvalue weighted by Gasteiger charge is 2.20. The van der Waals surface area contributed by atoms with Crippen molar-refractivity contribution in [1.82, 2.24) is 4.98 Å². The van der Waals surface area contributed by atoms with Crippen molar-refractivity contribution in [2.24, 2.45) is 0 Å². The van der Waals surface area contributed by atoms with Gasteiger partial charge in [0.05, 0.1) is 18.2 Å². The number of hydrogen-bond acceptors (Lipinski definition) is 4. The van der Waals surface area contributed by atoms with Gasteiger partial charge in [-0.3, -0.25) is 9.59 Å². The van der Waals surface area contributed by atoms with Crippen LogP contribution in [0.4, 0.5) is 5.69 Å². The molecule has 25 heavy (non-hydrogen) atoms. The number of benzene rings is 2. The molecular weight excluding hydrogens is 344 g/mol. The van der Waals surface area contributed by atoms with Gasteiger partial charge < -0.3 is 15.0 Å². The van der Waals surface area contributed by atoms with Crippen molar-refractivity contribution in [1.29, 1.82) is 0 Å². The zero-order chi connectivity index (χ0) is 18.0. The molecular formula is C18H13ClN2O4. The van der Waals surface area contributed by atoms with Gasteiger partial charge in [0.1, 0.15) is 0 Å². The maximum absolute atomic E-state index is 12.4. The van der Waals surface area contributed by atoms with Crippen molar-refractivity contribution in [3.05, 3.63) is 64.8 Å². The summed E-state index contributed by atoms with van der Waals surface area (Å²) in [4.78, 5) is 39.2.